The number of amides is 1. The zero-order valence-corrected chi connectivity index (χ0v) is 14.6. The van der Waals surface area contributed by atoms with Gasteiger partial charge in [-0.1, -0.05) is 36.4 Å². The SMILES string of the molecule is O=C(CCc1cncc(F)c1)N(Cc1ccc2ccccc2c1)C1CC1. The predicted molar refractivity (Wildman–Crippen MR) is 100 cm³/mol. The summed E-state index contributed by atoms with van der Waals surface area (Å²) < 4.78 is 13.2. The molecule has 1 aliphatic carbocycles. The van der Waals surface area contributed by atoms with E-state index in [1.165, 1.54) is 23.0 Å². The molecule has 4 rings (SSSR count). The van der Waals surface area contributed by atoms with Crippen LogP contribution in [0.3, 0.4) is 0 Å². The molecule has 0 aliphatic heterocycles. The fourth-order valence-electron chi connectivity index (χ4n) is 3.33. The molecule has 1 saturated carbocycles. The molecule has 4 heteroatoms. The Hall–Kier alpha value is -2.75. The Morgan fingerprint density at radius 1 is 1.04 bits per heavy atom. The van der Waals surface area contributed by atoms with Crippen LogP contribution in [-0.2, 0) is 17.8 Å². The molecule has 1 aliphatic rings. The lowest BCUT2D eigenvalue weighted by Crippen LogP contribution is -2.32. The van der Waals surface area contributed by atoms with Crippen molar-refractivity contribution in [1.29, 1.82) is 0 Å². The van der Waals surface area contributed by atoms with Gasteiger partial charge >= 0.3 is 0 Å². The van der Waals surface area contributed by atoms with E-state index in [1.807, 2.05) is 17.0 Å². The Bertz CT molecular complexity index is 936. The van der Waals surface area contributed by atoms with Crippen LogP contribution in [0.2, 0.25) is 0 Å². The van der Waals surface area contributed by atoms with Gasteiger partial charge in [0.15, 0.2) is 0 Å². The molecule has 0 bridgehead atoms. The number of fused-ring (bicyclic) bond motifs is 1. The van der Waals surface area contributed by atoms with Crippen LogP contribution in [0.1, 0.15) is 30.4 Å². The predicted octanol–water partition coefficient (Wildman–Crippen LogP) is 4.50. The van der Waals surface area contributed by atoms with Crippen LogP contribution in [0.25, 0.3) is 10.8 Å². The number of hydrogen-bond donors (Lipinski definition) is 0. The average Bonchev–Trinajstić information content (AvgIpc) is 3.49. The average molecular weight is 348 g/mol. The number of pyridine rings is 1. The van der Waals surface area contributed by atoms with Crippen LogP contribution < -0.4 is 0 Å². The number of benzene rings is 2. The third-order valence-corrected chi connectivity index (χ3v) is 4.86. The second-order valence-electron chi connectivity index (χ2n) is 6.95. The van der Waals surface area contributed by atoms with Crippen LogP contribution in [0.5, 0.6) is 0 Å². The van der Waals surface area contributed by atoms with Crippen LogP contribution in [0, 0.1) is 5.82 Å². The van der Waals surface area contributed by atoms with Gasteiger partial charge in [-0.25, -0.2) is 4.39 Å². The van der Waals surface area contributed by atoms with Crippen molar-refractivity contribution < 1.29 is 9.18 Å². The Morgan fingerprint density at radius 3 is 2.62 bits per heavy atom. The third kappa shape index (κ3) is 3.90. The molecule has 3 aromatic rings. The van der Waals surface area contributed by atoms with Crippen molar-refractivity contribution >= 4 is 16.7 Å². The number of carbonyl (C=O) groups is 1. The van der Waals surface area contributed by atoms with Crippen molar-refractivity contribution in [2.75, 3.05) is 0 Å². The molecule has 0 radical (unpaired) electrons. The number of aryl methyl sites for hydroxylation is 1. The molecular weight excluding hydrogens is 327 g/mol. The maximum absolute atomic E-state index is 13.2. The van der Waals surface area contributed by atoms with E-state index in [1.54, 1.807) is 6.20 Å². The standard InChI is InChI=1S/C22H21FN2O/c23-20-12-16(13-24-14-20)6-10-22(26)25(21-8-9-21)15-17-5-7-18-3-1-2-4-19(18)11-17/h1-5,7,11-14,21H,6,8-10,15H2. The summed E-state index contributed by atoms with van der Waals surface area (Å²) in [4.78, 5) is 18.6. The largest absolute Gasteiger partial charge is 0.335 e. The highest BCUT2D eigenvalue weighted by Gasteiger charge is 2.32. The summed E-state index contributed by atoms with van der Waals surface area (Å²) in [7, 11) is 0. The second-order valence-corrected chi connectivity index (χ2v) is 6.95. The number of hydrogen-bond acceptors (Lipinski definition) is 2. The van der Waals surface area contributed by atoms with Crippen LogP contribution >= 0.6 is 0 Å². The maximum Gasteiger partial charge on any atom is 0.223 e. The van der Waals surface area contributed by atoms with E-state index < -0.39 is 0 Å². The first kappa shape index (κ1) is 16.7. The molecule has 132 valence electrons. The third-order valence-electron chi connectivity index (χ3n) is 4.86. The molecule has 1 amide bonds. The highest BCUT2D eigenvalue weighted by Crippen LogP contribution is 2.30. The number of halogens is 1. The normalized spacial score (nSPS) is 13.7. The molecule has 0 saturated heterocycles. The quantitative estimate of drug-likeness (QED) is 0.657. The molecular formula is C22H21FN2O. The maximum atomic E-state index is 13.2. The number of carbonyl (C=O) groups excluding carboxylic acids is 1. The zero-order valence-electron chi connectivity index (χ0n) is 14.6. The van der Waals surface area contributed by atoms with Crippen molar-refractivity contribution in [2.24, 2.45) is 0 Å². The lowest BCUT2D eigenvalue weighted by atomic mass is 10.1. The van der Waals surface area contributed by atoms with E-state index in [4.69, 9.17) is 0 Å². The Kier molecular flexibility index (Phi) is 4.65. The van der Waals surface area contributed by atoms with Crippen molar-refractivity contribution in [1.82, 2.24) is 9.88 Å². The van der Waals surface area contributed by atoms with E-state index in [0.717, 1.165) is 24.0 Å². The molecule has 0 unspecified atom stereocenters. The van der Waals surface area contributed by atoms with Gasteiger partial charge in [0.25, 0.3) is 0 Å². The number of rotatable bonds is 6. The minimum absolute atomic E-state index is 0.130. The number of aromatic nitrogens is 1. The summed E-state index contributed by atoms with van der Waals surface area (Å²) >= 11 is 0. The fraction of sp³-hybridized carbons (Fsp3) is 0.273. The molecule has 3 nitrogen and oxygen atoms in total. The highest BCUT2D eigenvalue weighted by molar-refractivity contribution is 5.83. The molecule has 1 fully saturated rings. The summed E-state index contributed by atoms with van der Waals surface area (Å²) in [5.41, 5.74) is 1.91. The van der Waals surface area contributed by atoms with E-state index in [-0.39, 0.29) is 11.7 Å². The van der Waals surface area contributed by atoms with Gasteiger partial charge in [-0.05, 0) is 53.3 Å². The molecule has 0 atom stereocenters. The minimum Gasteiger partial charge on any atom is -0.335 e. The minimum atomic E-state index is -0.356. The summed E-state index contributed by atoms with van der Waals surface area (Å²) in [5, 5.41) is 2.40. The first-order valence-electron chi connectivity index (χ1n) is 9.05. The monoisotopic (exact) mass is 348 g/mol. The first-order valence-corrected chi connectivity index (χ1v) is 9.05. The van der Waals surface area contributed by atoms with Crippen LogP contribution in [-0.4, -0.2) is 21.8 Å². The van der Waals surface area contributed by atoms with Gasteiger partial charge in [0.05, 0.1) is 6.20 Å². The van der Waals surface area contributed by atoms with Crippen LogP contribution in [0.15, 0.2) is 60.9 Å². The van der Waals surface area contributed by atoms with Gasteiger partial charge in [0, 0.05) is 25.2 Å². The van der Waals surface area contributed by atoms with E-state index in [2.05, 4.69) is 35.3 Å². The molecule has 1 heterocycles. The summed E-state index contributed by atoms with van der Waals surface area (Å²) in [6.45, 7) is 0.635. The number of nitrogens with zero attached hydrogens (tertiary/aromatic N) is 2. The molecule has 1 aromatic heterocycles. The topological polar surface area (TPSA) is 33.2 Å². The Morgan fingerprint density at radius 2 is 1.85 bits per heavy atom. The summed E-state index contributed by atoms with van der Waals surface area (Å²) in [5.74, 6) is -0.227. The van der Waals surface area contributed by atoms with Crippen molar-refractivity contribution in [2.45, 2.75) is 38.3 Å². The summed E-state index contributed by atoms with van der Waals surface area (Å²) in [6.07, 6.45) is 5.85. The molecule has 26 heavy (non-hydrogen) atoms. The highest BCUT2D eigenvalue weighted by atomic mass is 19.1. The smallest absolute Gasteiger partial charge is 0.223 e. The van der Waals surface area contributed by atoms with Crippen LogP contribution in [0.4, 0.5) is 4.39 Å². The van der Waals surface area contributed by atoms with Gasteiger partial charge in [0.1, 0.15) is 5.82 Å². The van der Waals surface area contributed by atoms with Gasteiger partial charge in [0.2, 0.25) is 5.91 Å². The fourth-order valence-corrected chi connectivity index (χ4v) is 3.33. The van der Waals surface area contributed by atoms with Gasteiger partial charge < -0.3 is 4.90 Å². The lowest BCUT2D eigenvalue weighted by molar-refractivity contribution is -0.132. The Balaban J connectivity index is 1.45. The zero-order chi connectivity index (χ0) is 17.9. The summed E-state index contributed by atoms with van der Waals surface area (Å²) in [6, 6.07) is 16.4. The second kappa shape index (κ2) is 7.24. The lowest BCUT2D eigenvalue weighted by Gasteiger charge is -2.23. The van der Waals surface area contributed by atoms with Crippen molar-refractivity contribution in [3.8, 4) is 0 Å². The molecule has 0 N–H and O–H groups in total. The molecule has 0 spiro atoms. The van der Waals surface area contributed by atoms with Gasteiger partial charge in [-0.2, -0.15) is 0 Å². The van der Waals surface area contributed by atoms with E-state index in [0.29, 0.717) is 25.4 Å². The molecule has 2 aromatic carbocycles. The Labute approximate surface area is 152 Å². The van der Waals surface area contributed by atoms with Crippen molar-refractivity contribution in [3.63, 3.8) is 0 Å². The van der Waals surface area contributed by atoms with Crippen molar-refractivity contribution in [3.05, 3.63) is 77.9 Å². The van der Waals surface area contributed by atoms with Gasteiger partial charge in [-0.3, -0.25) is 9.78 Å². The van der Waals surface area contributed by atoms with E-state index in [9.17, 15) is 9.18 Å². The van der Waals surface area contributed by atoms with Gasteiger partial charge in [-0.15, -0.1) is 0 Å². The van der Waals surface area contributed by atoms with E-state index >= 15 is 0 Å². The first-order chi connectivity index (χ1) is 12.7.